The lowest BCUT2D eigenvalue weighted by atomic mass is 10.1. The van der Waals surface area contributed by atoms with Gasteiger partial charge in [-0.25, -0.2) is 4.39 Å². The fraction of sp³-hybridized carbons (Fsp3) is 0.0435. The highest BCUT2D eigenvalue weighted by atomic mass is 32.2. The van der Waals surface area contributed by atoms with Gasteiger partial charge in [-0.3, -0.25) is 19.3 Å². The summed E-state index contributed by atoms with van der Waals surface area (Å²) in [5.74, 6) is -0.866. The summed E-state index contributed by atoms with van der Waals surface area (Å²) in [5, 5.41) is 10.7. The number of rotatable bonds is 5. The number of nitriles is 1. The zero-order chi connectivity index (χ0) is 22.7. The molecule has 1 aliphatic heterocycles. The van der Waals surface area contributed by atoms with Crippen molar-refractivity contribution in [1.82, 2.24) is 4.90 Å². The second-order valence-corrected chi connectivity index (χ2v) is 7.71. The third-order valence-electron chi connectivity index (χ3n) is 4.48. The summed E-state index contributed by atoms with van der Waals surface area (Å²) in [6, 6.07) is 17.5. The Morgan fingerprint density at radius 1 is 1.16 bits per heavy atom. The van der Waals surface area contributed by atoms with E-state index in [2.05, 4.69) is 5.32 Å². The number of nitrogens with zero attached hydrogens (tertiary/aromatic N) is 2. The average molecular weight is 447 g/mol. The Labute approximate surface area is 186 Å². The molecule has 0 saturated carbocycles. The molecule has 1 fully saturated rings. The summed E-state index contributed by atoms with van der Waals surface area (Å²) < 4.78 is 19.0. The molecular weight excluding hydrogens is 433 g/mol. The van der Waals surface area contributed by atoms with Crippen LogP contribution in [0.15, 0.2) is 70.0 Å². The lowest BCUT2D eigenvalue weighted by Crippen LogP contribution is -2.36. The Morgan fingerprint density at radius 3 is 2.66 bits per heavy atom. The predicted molar refractivity (Wildman–Crippen MR) is 117 cm³/mol. The van der Waals surface area contributed by atoms with Crippen LogP contribution in [0.4, 0.5) is 14.9 Å². The normalized spacial score (nSPS) is 14.6. The van der Waals surface area contributed by atoms with Crippen LogP contribution in [-0.2, 0) is 9.59 Å². The van der Waals surface area contributed by atoms with Crippen LogP contribution in [0, 0.1) is 17.1 Å². The van der Waals surface area contributed by atoms with Crippen LogP contribution >= 0.6 is 11.8 Å². The Bertz CT molecular complexity index is 1290. The topological polar surface area (TPSA) is 103 Å². The molecule has 0 aliphatic carbocycles. The van der Waals surface area contributed by atoms with Gasteiger partial charge in [-0.2, -0.15) is 5.26 Å². The van der Waals surface area contributed by atoms with Crippen LogP contribution in [0.25, 0.3) is 17.4 Å². The van der Waals surface area contributed by atoms with E-state index in [-0.39, 0.29) is 10.6 Å². The number of imide groups is 1. The van der Waals surface area contributed by atoms with Crippen molar-refractivity contribution >= 4 is 40.6 Å². The second kappa shape index (κ2) is 8.91. The van der Waals surface area contributed by atoms with E-state index < -0.39 is 29.4 Å². The number of carbonyl (C=O) groups excluding carboxylic acids is 3. The molecule has 3 amide bonds. The highest BCUT2D eigenvalue weighted by Gasteiger charge is 2.36. The van der Waals surface area contributed by atoms with Crippen molar-refractivity contribution in [2.45, 2.75) is 0 Å². The zero-order valence-corrected chi connectivity index (χ0v) is 17.2. The van der Waals surface area contributed by atoms with Gasteiger partial charge in [0.25, 0.3) is 11.1 Å². The van der Waals surface area contributed by atoms with Crippen LogP contribution in [0.1, 0.15) is 11.3 Å². The summed E-state index contributed by atoms with van der Waals surface area (Å²) in [4.78, 5) is 38.0. The van der Waals surface area contributed by atoms with Gasteiger partial charge in [0, 0.05) is 17.3 Å². The Morgan fingerprint density at radius 2 is 1.94 bits per heavy atom. The number of carbonyl (C=O) groups is 3. The van der Waals surface area contributed by atoms with Crippen molar-refractivity contribution in [1.29, 1.82) is 5.26 Å². The lowest BCUT2D eigenvalue weighted by Gasteiger charge is -2.12. The van der Waals surface area contributed by atoms with Gasteiger partial charge in [0.05, 0.1) is 16.5 Å². The van der Waals surface area contributed by atoms with Crippen LogP contribution < -0.4 is 5.32 Å². The fourth-order valence-electron chi connectivity index (χ4n) is 2.97. The van der Waals surface area contributed by atoms with Crippen molar-refractivity contribution < 1.29 is 23.2 Å². The van der Waals surface area contributed by atoms with Crippen LogP contribution in [-0.4, -0.2) is 28.5 Å². The van der Waals surface area contributed by atoms with E-state index in [0.29, 0.717) is 28.8 Å². The van der Waals surface area contributed by atoms with E-state index in [4.69, 9.17) is 9.68 Å². The summed E-state index contributed by atoms with van der Waals surface area (Å²) in [6.07, 6.45) is 1.43. The maximum atomic E-state index is 13.2. The van der Waals surface area contributed by atoms with Crippen LogP contribution in [0.5, 0.6) is 0 Å². The number of furan rings is 1. The summed E-state index contributed by atoms with van der Waals surface area (Å²) in [5.41, 5.74) is 1.50. The number of anilines is 1. The molecular formula is C23H14FN3O4S. The minimum atomic E-state index is -0.625. The van der Waals surface area contributed by atoms with Crippen molar-refractivity contribution in [2.75, 3.05) is 11.9 Å². The van der Waals surface area contributed by atoms with Crippen molar-refractivity contribution in [3.05, 3.63) is 82.7 Å². The average Bonchev–Trinajstić information content (AvgIpc) is 3.34. The molecule has 7 nitrogen and oxygen atoms in total. The van der Waals surface area contributed by atoms with E-state index in [9.17, 15) is 18.8 Å². The second-order valence-electron chi connectivity index (χ2n) is 6.72. The molecule has 2 heterocycles. The molecule has 1 aliphatic rings. The smallest absolute Gasteiger partial charge is 0.294 e. The summed E-state index contributed by atoms with van der Waals surface area (Å²) >= 11 is 0.700. The van der Waals surface area contributed by atoms with Crippen LogP contribution in [0.3, 0.4) is 0 Å². The standard InChI is InChI=1S/C23H14FN3O4S/c24-16-2-1-3-17(10-16)26-21(28)13-27-22(29)20(32-23(27)30)11-18-8-9-19(31-18)15-6-4-14(12-25)5-7-15/h1-11H,13H2,(H,26,28)/b20-11+. The monoisotopic (exact) mass is 447 g/mol. The molecule has 0 bridgehead atoms. The number of hydrogen-bond donors (Lipinski definition) is 1. The van der Waals surface area contributed by atoms with Gasteiger partial charge in [0.1, 0.15) is 23.9 Å². The molecule has 0 radical (unpaired) electrons. The lowest BCUT2D eigenvalue weighted by molar-refractivity contribution is -0.127. The zero-order valence-electron chi connectivity index (χ0n) is 16.4. The number of amides is 3. The van der Waals surface area contributed by atoms with E-state index >= 15 is 0 Å². The number of halogens is 1. The molecule has 1 N–H and O–H groups in total. The number of nitrogens with one attached hydrogen (secondary N) is 1. The molecule has 0 spiro atoms. The molecule has 1 aromatic heterocycles. The third kappa shape index (κ3) is 4.61. The predicted octanol–water partition coefficient (Wildman–Crippen LogP) is 4.63. The molecule has 9 heteroatoms. The maximum Gasteiger partial charge on any atom is 0.294 e. The van der Waals surface area contributed by atoms with Gasteiger partial charge in [0.2, 0.25) is 5.91 Å². The molecule has 0 unspecified atom stereocenters. The van der Waals surface area contributed by atoms with Gasteiger partial charge in [-0.05, 0) is 66.4 Å². The SMILES string of the molecule is N#Cc1ccc(-c2ccc(/C=C3/SC(=O)N(CC(=O)Nc4cccc(F)c4)C3=O)o2)cc1. The van der Waals surface area contributed by atoms with Crippen molar-refractivity contribution in [2.24, 2.45) is 0 Å². The molecule has 158 valence electrons. The van der Waals surface area contributed by atoms with E-state index in [1.807, 2.05) is 6.07 Å². The quantitative estimate of drug-likeness (QED) is 0.572. The fourth-order valence-corrected chi connectivity index (χ4v) is 3.79. The number of hydrogen-bond acceptors (Lipinski definition) is 6. The van der Waals surface area contributed by atoms with Gasteiger partial charge >= 0.3 is 0 Å². The van der Waals surface area contributed by atoms with Crippen molar-refractivity contribution in [3.63, 3.8) is 0 Å². The molecule has 3 aromatic rings. The first kappa shape index (κ1) is 21.1. The van der Waals surface area contributed by atoms with E-state index in [1.165, 1.54) is 24.3 Å². The largest absolute Gasteiger partial charge is 0.457 e. The van der Waals surface area contributed by atoms with Gasteiger partial charge in [0.15, 0.2) is 0 Å². The van der Waals surface area contributed by atoms with E-state index in [0.717, 1.165) is 16.5 Å². The minimum absolute atomic E-state index is 0.120. The van der Waals surface area contributed by atoms with Gasteiger partial charge < -0.3 is 9.73 Å². The molecule has 1 saturated heterocycles. The highest BCUT2D eigenvalue weighted by molar-refractivity contribution is 8.18. The van der Waals surface area contributed by atoms with Crippen LogP contribution in [0.2, 0.25) is 0 Å². The highest BCUT2D eigenvalue weighted by Crippen LogP contribution is 2.33. The third-order valence-corrected chi connectivity index (χ3v) is 5.39. The Kier molecular flexibility index (Phi) is 5.87. The molecule has 32 heavy (non-hydrogen) atoms. The Hall–Kier alpha value is -4.16. The first-order valence-electron chi connectivity index (χ1n) is 9.34. The molecule has 0 atom stereocenters. The first-order chi connectivity index (χ1) is 15.4. The van der Waals surface area contributed by atoms with Crippen molar-refractivity contribution in [3.8, 4) is 17.4 Å². The van der Waals surface area contributed by atoms with Gasteiger partial charge in [-0.1, -0.05) is 6.07 Å². The maximum absolute atomic E-state index is 13.2. The minimum Gasteiger partial charge on any atom is -0.457 e. The number of benzene rings is 2. The first-order valence-corrected chi connectivity index (χ1v) is 10.2. The Balaban J connectivity index is 1.44. The molecule has 4 rings (SSSR count). The van der Waals surface area contributed by atoms with Gasteiger partial charge in [-0.15, -0.1) is 0 Å². The summed E-state index contributed by atoms with van der Waals surface area (Å²) in [7, 11) is 0. The summed E-state index contributed by atoms with van der Waals surface area (Å²) in [6.45, 7) is -0.493. The molecule has 2 aromatic carbocycles. The number of thioether (sulfide) groups is 1. The van der Waals surface area contributed by atoms with E-state index in [1.54, 1.807) is 36.4 Å².